The average molecular weight is 304 g/mol. The van der Waals surface area contributed by atoms with Crippen molar-refractivity contribution in [3.8, 4) is 11.1 Å². The van der Waals surface area contributed by atoms with E-state index in [-0.39, 0.29) is 0 Å². The van der Waals surface area contributed by atoms with Crippen molar-refractivity contribution in [2.24, 2.45) is 11.8 Å². The highest BCUT2D eigenvalue weighted by Gasteiger charge is 2.52. The van der Waals surface area contributed by atoms with Gasteiger partial charge in [-0.05, 0) is 59.3 Å². The molecule has 2 aliphatic rings. The molecule has 0 N–H and O–H groups in total. The van der Waals surface area contributed by atoms with Gasteiger partial charge in [-0.15, -0.1) is 0 Å². The van der Waals surface area contributed by atoms with Crippen molar-refractivity contribution in [1.29, 1.82) is 0 Å². The highest BCUT2D eigenvalue weighted by atomic mass is 14.5. The molecule has 2 aliphatic carbocycles. The number of fused-ring (bicyclic) bond motifs is 6. The van der Waals surface area contributed by atoms with Crippen molar-refractivity contribution in [1.82, 2.24) is 0 Å². The summed E-state index contributed by atoms with van der Waals surface area (Å²) in [5.41, 5.74) is 6.59. The van der Waals surface area contributed by atoms with E-state index >= 15 is 0 Å². The molecule has 120 valence electrons. The normalized spacial score (nSPS) is 28.3. The minimum Gasteiger partial charge on any atom is -0.0651 e. The lowest BCUT2D eigenvalue weighted by Crippen LogP contribution is -2.34. The number of hydrogen-bond acceptors (Lipinski definition) is 0. The van der Waals surface area contributed by atoms with Crippen molar-refractivity contribution in [2.75, 3.05) is 0 Å². The monoisotopic (exact) mass is 304 g/mol. The summed E-state index contributed by atoms with van der Waals surface area (Å²) < 4.78 is 0. The SMILES string of the molecule is CC[C@@H]1C[C@H]2c3ccccc3-c3ccccc3[C@@]2(CC(C)C)C1. The maximum absolute atomic E-state index is 2.43. The van der Waals surface area contributed by atoms with Crippen LogP contribution in [0.5, 0.6) is 0 Å². The molecule has 3 atom stereocenters. The predicted octanol–water partition coefficient (Wildman–Crippen LogP) is 6.55. The van der Waals surface area contributed by atoms with E-state index in [1.165, 1.54) is 36.8 Å². The molecule has 0 heterocycles. The highest BCUT2D eigenvalue weighted by molar-refractivity contribution is 5.76. The second-order valence-electron chi connectivity index (χ2n) is 8.15. The zero-order valence-corrected chi connectivity index (χ0v) is 14.7. The number of benzene rings is 2. The van der Waals surface area contributed by atoms with E-state index in [1.54, 1.807) is 11.1 Å². The Labute approximate surface area is 140 Å². The molecule has 1 fully saturated rings. The van der Waals surface area contributed by atoms with Crippen LogP contribution in [0.25, 0.3) is 11.1 Å². The number of rotatable bonds is 3. The molecule has 23 heavy (non-hydrogen) atoms. The minimum atomic E-state index is 0.361. The lowest BCUT2D eigenvalue weighted by Gasteiger charge is -2.44. The second kappa shape index (κ2) is 5.51. The summed E-state index contributed by atoms with van der Waals surface area (Å²) in [7, 11) is 0. The summed E-state index contributed by atoms with van der Waals surface area (Å²) in [5, 5.41) is 0. The molecule has 0 aliphatic heterocycles. The Balaban J connectivity index is 1.98. The zero-order valence-electron chi connectivity index (χ0n) is 14.7. The van der Waals surface area contributed by atoms with Gasteiger partial charge in [0, 0.05) is 5.41 Å². The first kappa shape index (κ1) is 15.0. The van der Waals surface area contributed by atoms with E-state index in [9.17, 15) is 0 Å². The Morgan fingerprint density at radius 1 is 1.00 bits per heavy atom. The van der Waals surface area contributed by atoms with Gasteiger partial charge >= 0.3 is 0 Å². The third-order valence-corrected chi connectivity index (χ3v) is 6.33. The fraction of sp³-hybridized carbons (Fsp3) is 0.478. The molecule has 0 saturated heterocycles. The van der Waals surface area contributed by atoms with Crippen LogP contribution in [-0.4, -0.2) is 0 Å². The Kier molecular flexibility index (Phi) is 3.59. The van der Waals surface area contributed by atoms with Gasteiger partial charge in [-0.1, -0.05) is 75.7 Å². The molecule has 0 spiro atoms. The Bertz CT molecular complexity index is 711. The lowest BCUT2D eigenvalue weighted by molar-refractivity contribution is 0.303. The molecule has 0 bridgehead atoms. The van der Waals surface area contributed by atoms with E-state index in [1.807, 2.05) is 0 Å². The summed E-state index contributed by atoms with van der Waals surface area (Å²) in [6, 6.07) is 18.4. The van der Waals surface area contributed by atoms with Crippen LogP contribution in [0.2, 0.25) is 0 Å². The van der Waals surface area contributed by atoms with E-state index in [0.717, 1.165) is 11.8 Å². The summed E-state index contributed by atoms with van der Waals surface area (Å²) in [6.45, 7) is 7.17. The zero-order chi connectivity index (χ0) is 16.0. The largest absolute Gasteiger partial charge is 0.0651 e. The topological polar surface area (TPSA) is 0 Å². The maximum Gasteiger partial charge on any atom is 0.00331 e. The Hall–Kier alpha value is -1.56. The van der Waals surface area contributed by atoms with E-state index in [2.05, 4.69) is 69.3 Å². The van der Waals surface area contributed by atoms with E-state index in [4.69, 9.17) is 0 Å². The fourth-order valence-corrected chi connectivity index (χ4v) is 5.60. The first-order valence-corrected chi connectivity index (χ1v) is 9.34. The summed E-state index contributed by atoms with van der Waals surface area (Å²) in [5.74, 6) is 2.32. The molecule has 0 unspecified atom stereocenters. The van der Waals surface area contributed by atoms with Crippen molar-refractivity contribution < 1.29 is 0 Å². The van der Waals surface area contributed by atoms with Gasteiger partial charge < -0.3 is 0 Å². The van der Waals surface area contributed by atoms with Crippen molar-refractivity contribution in [3.05, 3.63) is 59.7 Å². The third-order valence-electron chi connectivity index (χ3n) is 6.33. The van der Waals surface area contributed by atoms with Gasteiger partial charge in [0.15, 0.2) is 0 Å². The van der Waals surface area contributed by atoms with Gasteiger partial charge in [-0.2, -0.15) is 0 Å². The molecule has 0 heteroatoms. The number of hydrogen-bond donors (Lipinski definition) is 0. The molecule has 1 saturated carbocycles. The lowest BCUT2D eigenvalue weighted by atomic mass is 9.60. The van der Waals surface area contributed by atoms with Crippen LogP contribution in [0.3, 0.4) is 0 Å². The average Bonchev–Trinajstić information content (AvgIpc) is 2.94. The molecule has 0 nitrogen and oxygen atoms in total. The Morgan fingerprint density at radius 3 is 2.43 bits per heavy atom. The van der Waals surface area contributed by atoms with E-state index < -0.39 is 0 Å². The van der Waals surface area contributed by atoms with Crippen LogP contribution in [-0.2, 0) is 5.41 Å². The minimum absolute atomic E-state index is 0.361. The summed E-state index contributed by atoms with van der Waals surface area (Å²) in [6.07, 6.45) is 5.38. The highest BCUT2D eigenvalue weighted by Crippen LogP contribution is 2.62. The van der Waals surface area contributed by atoms with Gasteiger partial charge in [0.25, 0.3) is 0 Å². The van der Waals surface area contributed by atoms with Gasteiger partial charge in [-0.25, -0.2) is 0 Å². The Morgan fingerprint density at radius 2 is 1.70 bits per heavy atom. The summed E-state index contributed by atoms with van der Waals surface area (Å²) >= 11 is 0. The second-order valence-corrected chi connectivity index (χ2v) is 8.15. The van der Waals surface area contributed by atoms with Gasteiger partial charge in [0.1, 0.15) is 0 Å². The first-order chi connectivity index (χ1) is 11.2. The maximum atomic E-state index is 2.43. The molecular weight excluding hydrogens is 276 g/mol. The van der Waals surface area contributed by atoms with E-state index in [0.29, 0.717) is 11.3 Å². The molecule has 0 amide bonds. The smallest absolute Gasteiger partial charge is 0.00331 e. The van der Waals surface area contributed by atoms with Crippen molar-refractivity contribution >= 4 is 0 Å². The van der Waals surface area contributed by atoms with Gasteiger partial charge in [0.2, 0.25) is 0 Å². The molecule has 0 radical (unpaired) electrons. The van der Waals surface area contributed by atoms with Crippen LogP contribution in [0.15, 0.2) is 48.5 Å². The quantitative estimate of drug-likeness (QED) is 0.602. The summed E-state index contributed by atoms with van der Waals surface area (Å²) in [4.78, 5) is 0. The molecule has 4 rings (SSSR count). The van der Waals surface area contributed by atoms with Crippen LogP contribution in [0.4, 0.5) is 0 Å². The van der Waals surface area contributed by atoms with Gasteiger partial charge in [-0.3, -0.25) is 0 Å². The molecule has 2 aromatic carbocycles. The standard InChI is InChI=1S/C23H28/c1-4-17-13-22-20-11-6-5-9-18(20)19-10-7-8-12-21(19)23(22,15-17)14-16(2)3/h5-12,16-17,22H,4,13-15H2,1-3H3/t17-,22+,23-/m1/s1. The predicted molar refractivity (Wildman–Crippen MR) is 98.8 cm³/mol. The fourth-order valence-electron chi connectivity index (χ4n) is 5.60. The van der Waals surface area contributed by atoms with Crippen LogP contribution >= 0.6 is 0 Å². The molecule has 0 aromatic heterocycles. The van der Waals surface area contributed by atoms with Crippen LogP contribution < -0.4 is 0 Å². The van der Waals surface area contributed by atoms with Crippen molar-refractivity contribution in [2.45, 2.75) is 57.8 Å². The van der Waals surface area contributed by atoms with Crippen LogP contribution in [0, 0.1) is 11.8 Å². The molecular formula is C23H28. The van der Waals surface area contributed by atoms with Gasteiger partial charge in [0.05, 0.1) is 0 Å². The van der Waals surface area contributed by atoms with Crippen molar-refractivity contribution in [3.63, 3.8) is 0 Å². The third kappa shape index (κ3) is 2.18. The first-order valence-electron chi connectivity index (χ1n) is 9.34. The molecule has 2 aromatic rings. The van der Waals surface area contributed by atoms with Crippen LogP contribution in [0.1, 0.15) is 63.5 Å².